The van der Waals surface area contributed by atoms with Crippen LogP contribution >= 0.6 is 0 Å². The van der Waals surface area contributed by atoms with E-state index in [1.54, 1.807) is 0 Å². The highest BCUT2D eigenvalue weighted by molar-refractivity contribution is 6.11. The van der Waals surface area contributed by atoms with Crippen LogP contribution in [-0.2, 0) is 7.05 Å². The summed E-state index contributed by atoms with van der Waals surface area (Å²) >= 11 is 0. The molecule has 3 heteroatoms. The zero-order chi connectivity index (χ0) is 18.4. The highest BCUT2D eigenvalue weighted by Crippen LogP contribution is 2.39. The molecule has 0 unspecified atom stereocenters. The summed E-state index contributed by atoms with van der Waals surface area (Å²) < 4.78 is 8.55. The van der Waals surface area contributed by atoms with E-state index in [0.717, 1.165) is 38.8 Å². The Hall–Kier alpha value is -3.12. The molecule has 3 nitrogen and oxygen atoms in total. The number of hydrogen-bond donors (Lipinski definition) is 0. The van der Waals surface area contributed by atoms with Crippen molar-refractivity contribution in [1.29, 1.82) is 5.26 Å². The Morgan fingerprint density at radius 1 is 1.04 bits per heavy atom. The molecule has 0 bridgehead atoms. The van der Waals surface area contributed by atoms with Crippen molar-refractivity contribution in [3.8, 4) is 17.3 Å². The first-order valence-electron chi connectivity index (χ1n) is 8.86. The van der Waals surface area contributed by atoms with E-state index in [2.05, 4.69) is 49.6 Å². The number of benzene rings is 2. The summed E-state index contributed by atoms with van der Waals surface area (Å²) in [4.78, 5) is 0. The van der Waals surface area contributed by atoms with Crippen molar-refractivity contribution in [2.75, 3.05) is 0 Å². The number of nitrogens with zero attached hydrogens (tertiary/aromatic N) is 2. The SMILES string of the molecule is Cc1ccc2c(oc3c(C(C)C)cc(C#N)cc32)c1-c1cccc[n+]1C. The molecule has 0 saturated heterocycles. The van der Waals surface area contributed by atoms with Crippen LogP contribution in [0, 0.1) is 18.3 Å². The van der Waals surface area contributed by atoms with Gasteiger partial charge in [-0.2, -0.15) is 5.26 Å². The van der Waals surface area contributed by atoms with Crippen LogP contribution in [0.4, 0.5) is 0 Å². The molecular formula is C23H21N2O+. The number of furan rings is 1. The Kier molecular flexibility index (Phi) is 3.77. The van der Waals surface area contributed by atoms with Gasteiger partial charge in [0.15, 0.2) is 6.20 Å². The number of aromatic nitrogens is 1. The molecule has 0 atom stereocenters. The van der Waals surface area contributed by atoms with Gasteiger partial charge in [0.2, 0.25) is 5.69 Å². The van der Waals surface area contributed by atoms with Crippen molar-refractivity contribution in [2.24, 2.45) is 7.05 Å². The summed E-state index contributed by atoms with van der Waals surface area (Å²) in [5.41, 5.74) is 6.92. The van der Waals surface area contributed by atoms with Gasteiger partial charge < -0.3 is 4.42 Å². The molecule has 0 fully saturated rings. The molecule has 128 valence electrons. The minimum Gasteiger partial charge on any atom is -0.455 e. The first-order chi connectivity index (χ1) is 12.5. The monoisotopic (exact) mass is 341 g/mol. The number of aryl methyl sites for hydroxylation is 2. The molecule has 2 heterocycles. The second-order valence-corrected chi connectivity index (χ2v) is 7.14. The molecule has 0 amide bonds. The zero-order valence-electron chi connectivity index (χ0n) is 15.5. The molecule has 0 spiro atoms. The Balaban J connectivity index is 2.18. The Morgan fingerprint density at radius 3 is 2.54 bits per heavy atom. The van der Waals surface area contributed by atoms with Crippen molar-refractivity contribution in [3.05, 3.63) is 65.4 Å². The molecule has 4 rings (SSSR count). The van der Waals surface area contributed by atoms with Crippen molar-refractivity contribution >= 4 is 21.9 Å². The highest BCUT2D eigenvalue weighted by Gasteiger charge is 2.22. The van der Waals surface area contributed by atoms with Crippen LogP contribution in [0.5, 0.6) is 0 Å². The van der Waals surface area contributed by atoms with E-state index in [0.29, 0.717) is 5.56 Å². The molecule has 26 heavy (non-hydrogen) atoms. The summed E-state index contributed by atoms with van der Waals surface area (Å²) in [6.45, 7) is 6.37. The molecule has 0 aliphatic rings. The standard InChI is InChI=1S/C23H21N2O/c1-14(2)18-11-16(13-24)12-19-17-9-8-15(3)21(23(17)26-22(18)19)20-7-5-6-10-25(20)4/h5-12,14H,1-4H3/q+1. The molecule has 0 saturated carbocycles. The molecule has 0 aliphatic heterocycles. The van der Waals surface area contributed by atoms with Crippen LogP contribution in [0.25, 0.3) is 33.2 Å². The average molecular weight is 341 g/mol. The number of hydrogen-bond acceptors (Lipinski definition) is 2. The van der Waals surface area contributed by atoms with Crippen molar-refractivity contribution in [2.45, 2.75) is 26.7 Å². The van der Waals surface area contributed by atoms with Gasteiger partial charge in [-0.05, 0) is 42.2 Å². The van der Waals surface area contributed by atoms with Gasteiger partial charge in [-0.25, -0.2) is 4.57 Å². The van der Waals surface area contributed by atoms with Crippen LogP contribution in [0.15, 0.2) is 53.1 Å². The Morgan fingerprint density at radius 2 is 1.85 bits per heavy atom. The first-order valence-corrected chi connectivity index (χ1v) is 8.86. The van der Waals surface area contributed by atoms with Gasteiger partial charge >= 0.3 is 0 Å². The second-order valence-electron chi connectivity index (χ2n) is 7.14. The van der Waals surface area contributed by atoms with E-state index >= 15 is 0 Å². The topological polar surface area (TPSA) is 40.8 Å². The number of rotatable bonds is 2. The first kappa shape index (κ1) is 16.4. The summed E-state index contributed by atoms with van der Waals surface area (Å²) in [6.07, 6.45) is 2.05. The van der Waals surface area contributed by atoms with E-state index in [1.165, 1.54) is 5.56 Å². The van der Waals surface area contributed by atoms with E-state index in [-0.39, 0.29) is 5.92 Å². The molecule has 0 radical (unpaired) electrons. The summed E-state index contributed by atoms with van der Waals surface area (Å²) in [6, 6.07) is 16.6. The molecule has 2 aromatic heterocycles. The lowest BCUT2D eigenvalue weighted by molar-refractivity contribution is -0.660. The molecule has 0 aliphatic carbocycles. The third-order valence-corrected chi connectivity index (χ3v) is 5.04. The average Bonchev–Trinajstić information content (AvgIpc) is 3.00. The lowest BCUT2D eigenvalue weighted by atomic mass is 9.96. The normalized spacial score (nSPS) is 11.4. The van der Waals surface area contributed by atoms with Crippen LogP contribution < -0.4 is 4.57 Å². The van der Waals surface area contributed by atoms with Crippen LogP contribution in [0.3, 0.4) is 0 Å². The van der Waals surface area contributed by atoms with Crippen LogP contribution in [0.2, 0.25) is 0 Å². The second kappa shape index (κ2) is 6.00. The van der Waals surface area contributed by atoms with Crippen LogP contribution in [0.1, 0.15) is 36.5 Å². The predicted octanol–water partition coefficient (Wildman–Crippen LogP) is 5.38. The van der Waals surface area contributed by atoms with Gasteiger partial charge in [-0.3, -0.25) is 0 Å². The van der Waals surface area contributed by atoms with E-state index < -0.39 is 0 Å². The third kappa shape index (κ3) is 2.38. The Labute approximate surface area is 153 Å². The zero-order valence-corrected chi connectivity index (χ0v) is 15.5. The van der Waals surface area contributed by atoms with Crippen molar-refractivity contribution < 1.29 is 8.98 Å². The van der Waals surface area contributed by atoms with E-state index in [4.69, 9.17) is 4.42 Å². The highest BCUT2D eigenvalue weighted by atomic mass is 16.3. The molecular weight excluding hydrogens is 320 g/mol. The van der Waals surface area contributed by atoms with Crippen molar-refractivity contribution in [1.82, 2.24) is 0 Å². The maximum Gasteiger partial charge on any atom is 0.216 e. The number of nitriles is 1. The number of pyridine rings is 1. The van der Waals surface area contributed by atoms with Gasteiger partial charge in [0.05, 0.1) is 17.2 Å². The fraction of sp³-hybridized carbons (Fsp3) is 0.217. The fourth-order valence-electron chi connectivity index (χ4n) is 3.66. The smallest absolute Gasteiger partial charge is 0.216 e. The summed E-state index contributed by atoms with van der Waals surface area (Å²) in [7, 11) is 2.05. The quantitative estimate of drug-likeness (QED) is 0.459. The maximum absolute atomic E-state index is 9.44. The van der Waals surface area contributed by atoms with Gasteiger partial charge in [0.1, 0.15) is 18.2 Å². The van der Waals surface area contributed by atoms with Gasteiger partial charge in [-0.1, -0.05) is 26.0 Å². The lowest BCUT2D eigenvalue weighted by Gasteiger charge is -2.06. The minimum atomic E-state index is 0.281. The number of fused-ring (bicyclic) bond motifs is 3. The fourth-order valence-corrected chi connectivity index (χ4v) is 3.66. The van der Waals surface area contributed by atoms with E-state index in [9.17, 15) is 5.26 Å². The van der Waals surface area contributed by atoms with Crippen LogP contribution in [-0.4, -0.2) is 0 Å². The molecule has 4 aromatic rings. The van der Waals surface area contributed by atoms with E-state index in [1.807, 2.05) is 37.5 Å². The van der Waals surface area contributed by atoms with Gasteiger partial charge in [0.25, 0.3) is 0 Å². The summed E-state index contributed by atoms with van der Waals surface area (Å²) in [5, 5.41) is 11.5. The Bertz CT molecular complexity index is 1190. The summed E-state index contributed by atoms with van der Waals surface area (Å²) in [5.74, 6) is 0.281. The third-order valence-electron chi connectivity index (χ3n) is 5.04. The largest absolute Gasteiger partial charge is 0.455 e. The van der Waals surface area contributed by atoms with Gasteiger partial charge in [-0.15, -0.1) is 0 Å². The lowest BCUT2D eigenvalue weighted by Crippen LogP contribution is -2.30. The van der Waals surface area contributed by atoms with Gasteiger partial charge in [0, 0.05) is 22.9 Å². The van der Waals surface area contributed by atoms with Crippen molar-refractivity contribution in [3.63, 3.8) is 0 Å². The minimum absolute atomic E-state index is 0.281. The maximum atomic E-state index is 9.44. The predicted molar refractivity (Wildman–Crippen MR) is 104 cm³/mol. The molecule has 2 aromatic carbocycles. The molecule has 0 N–H and O–H groups in total.